The van der Waals surface area contributed by atoms with Gasteiger partial charge in [-0.2, -0.15) is 0 Å². The first-order valence-electron chi connectivity index (χ1n) is 10.2. The van der Waals surface area contributed by atoms with E-state index in [0.717, 1.165) is 44.2 Å². The summed E-state index contributed by atoms with van der Waals surface area (Å²) in [7, 11) is 0. The molecule has 0 spiro atoms. The average molecular weight is 367 g/mol. The third-order valence-corrected chi connectivity index (χ3v) is 5.87. The number of pyridine rings is 1. The van der Waals surface area contributed by atoms with Crippen LogP contribution in [-0.4, -0.2) is 58.2 Å². The second kappa shape index (κ2) is 8.76. The van der Waals surface area contributed by atoms with Gasteiger partial charge in [0.25, 0.3) is 0 Å². The van der Waals surface area contributed by atoms with Crippen molar-refractivity contribution in [3.05, 3.63) is 36.7 Å². The van der Waals surface area contributed by atoms with Crippen LogP contribution in [-0.2, 0) is 4.74 Å². The molecule has 144 valence electrons. The highest BCUT2D eigenvalue weighted by molar-refractivity contribution is 5.54. The van der Waals surface area contributed by atoms with E-state index < -0.39 is 0 Å². The van der Waals surface area contributed by atoms with Gasteiger partial charge < -0.3 is 10.1 Å². The van der Waals surface area contributed by atoms with Gasteiger partial charge in [-0.25, -0.2) is 9.97 Å². The zero-order valence-corrected chi connectivity index (χ0v) is 15.9. The molecule has 3 heterocycles. The number of aromatic nitrogens is 3. The van der Waals surface area contributed by atoms with E-state index in [4.69, 9.17) is 9.72 Å². The first-order valence-corrected chi connectivity index (χ1v) is 10.2. The highest BCUT2D eigenvalue weighted by atomic mass is 16.5. The molecule has 1 N–H and O–H groups in total. The molecule has 1 aliphatic heterocycles. The zero-order chi connectivity index (χ0) is 18.4. The minimum absolute atomic E-state index is 0.185. The van der Waals surface area contributed by atoms with Crippen LogP contribution < -0.4 is 5.32 Å². The molecule has 0 amide bonds. The van der Waals surface area contributed by atoms with E-state index in [2.05, 4.69) is 20.2 Å². The van der Waals surface area contributed by atoms with Crippen molar-refractivity contribution in [3.8, 4) is 11.4 Å². The standard InChI is InChI=1S/C21H29N5O/c1-2-5-10-21(9-4-1,26-13-15-27-16-14-26)17-24-20-23-12-8-19(25-20)18-7-3-6-11-22-18/h3,6-8,11-12H,1-2,4-5,9-10,13-17H2,(H,23,24,25). The van der Waals surface area contributed by atoms with Gasteiger partial charge in [0.15, 0.2) is 0 Å². The Balaban J connectivity index is 1.50. The molecule has 4 rings (SSSR count). The molecular weight excluding hydrogens is 338 g/mol. The predicted octanol–water partition coefficient (Wildman–Crippen LogP) is 3.38. The van der Waals surface area contributed by atoms with Crippen LogP contribution >= 0.6 is 0 Å². The number of nitrogens with one attached hydrogen (secondary N) is 1. The zero-order valence-electron chi connectivity index (χ0n) is 15.9. The molecule has 0 atom stereocenters. The summed E-state index contributed by atoms with van der Waals surface area (Å²) in [5, 5.41) is 3.56. The van der Waals surface area contributed by atoms with Crippen molar-refractivity contribution in [2.24, 2.45) is 0 Å². The third kappa shape index (κ3) is 4.45. The molecule has 2 aromatic heterocycles. The van der Waals surface area contributed by atoms with Crippen molar-refractivity contribution in [3.63, 3.8) is 0 Å². The van der Waals surface area contributed by atoms with Crippen molar-refractivity contribution in [2.75, 3.05) is 38.2 Å². The minimum atomic E-state index is 0.185. The fourth-order valence-corrected chi connectivity index (χ4v) is 4.37. The summed E-state index contributed by atoms with van der Waals surface area (Å²) in [5.74, 6) is 0.690. The fourth-order valence-electron chi connectivity index (χ4n) is 4.37. The maximum atomic E-state index is 5.60. The van der Waals surface area contributed by atoms with Crippen molar-refractivity contribution >= 4 is 5.95 Å². The second-order valence-electron chi connectivity index (χ2n) is 7.57. The predicted molar refractivity (Wildman–Crippen MR) is 107 cm³/mol. The lowest BCUT2D eigenvalue weighted by molar-refractivity contribution is -0.0240. The molecule has 27 heavy (non-hydrogen) atoms. The molecule has 2 aliphatic rings. The molecule has 2 fully saturated rings. The Morgan fingerprint density at radius 2 is 1.74 bits per heavy atom. The topological polar surface area (TPSA) is 63.2 Å². The highest BCUT2D eigenvalue weighted by Crippen LogP contribution is 2.33. The van der Waals surface area contributed by atoms with Crippen LogP contribution in [0, 0.1) is 0 Å². The van der Waals surface area contributed by atoms with Crippen molar-refractivity contribution in [1.29, 1.82) is 0 Å². The quantitative estimate of drug-likeness (QED) is 0.818. The highest BCUT2D eigenvalue weighted by Gasteiger charge is 2.37. The second-order valence-corrected chi connectivity index (χ2v) is 7.57. The number of anilines is 1. The molecule has 1 aliphatic carbocycles. The maximum Gasteiger partial charge on any atom is 0.223 e. The lowest BCUT2D eigenvalue weighted by Gasteiger charge is -2.45. The molecular formula is C21H29N5O. The van der Waals surface area contributed by atoms with Gasteiger partial charge in [-0.15, -0.1) is 0 Å². The molecule has 2 aromatic rings. The smallest absolute Gasteiger partial charge is 0.223 e. The first kappa shape index (κ1) is 18.3. The number of ether oxygens (including phenoxy) is 1. The van der Waals surface area contributed by atoms with E-state index in [1.807, 2.05) is 30.5 Å². The minimum Gasteiger partial charge on any atom is -0.379 e. The normalized spacial score (nSPS) is 20.7. The molecule has 1 saturated carbocycles. The molecule has 1 saturated heterocycles. The molecule has 0 unspecified atom stereocenters. The molecule has 6 nitrogen and oxygen atoms in total. The van der Waals surface area contributed by atoms with Gasteiger partial charge in [-0.05, 0) is 31.0 Å². The van der Waals surface area contributed by atoms with Gasteiger partial charge in [0.2, 0.25) is 5.95 Å². The average Bonchev–Trinajstić information content (AvgIpc) is 3.00. The largest absolute Gasteiger partial charge is 0.379 e. The van der Waals surface area contributed by atoms with Crippen LogP contribution in [0.1, 0.15) is 38.5 Å². The Bertz CT molecular complexity index is 710. The molecule has 0 aromatic carbocycles. The Kier molecular flexibility index (Phi) is 5.94. The van der Waals surface area contributed by atoms with Crippen LogP contribution in [0.4, 0.5) is 5.95 Å². The molecule has 0 bridgehead atoms. The fraction of sp³-hybridized carbons (Fsp3) is 0.571. The Morgan fingerprint density at radius 3 is 2.48 bits per heavy atom. The number of morpholine rings is 1. The summed E-state index contributed by atoms with van der Waals surface area (Å²) >= 11 is 0. The SMILES string of the molecule is c1ccc(-c2ccnc(NCC3(N4CCOCC4)CCCCCC3)n2)nc1. The Hall–Kier alpha value is -2.05. The lowest BCUT2D eigenvalue weighted by atomic mass is 9.87. The van der Waals surface area contributed by atoms with E-state index in [-0.39, 0.29) is 5.54 Å². The van der Waals surface area contributed by atoms with E-state index in [1.165, 1.54) is 38.5 Å². The van der Waals surface area contributed by atoms with Crippen LogP contribution in [0.15, 0.2) is 36.7 Å². The molecule has 0 radical (unpaired) electrons. The first-order chi connectivity index (χ1) is 13.4. The van der Waals surface area contributed by atoms with Crippen LogP contribution in [0.2, 0.25) is 0 Å². The third-order valence-electron chi connectivity index (χ3n) is 5.87. The summed E-state index contributed by atoms with van der Waals surface area (Å²) in [6.07, 6.45) is 11.4. The van der Waals surface area contributed by atoms with Gasteiger partial charge in [-0.3, -0.25) is 9.88 Å². The maximum absolute atomic E-state index is 5.60. The van der Waals surface area contributed by atoms with Crippen molar-refractivity contribution < 1.29 is 4.74 Å². The van der Waals surface area contributed by atoms with Gasteiger partial charge in [0, 0.05) is 37.6 Å². The van der Waals surface area contributed by atoms with Gasteiger partial charge in [0.05, 0.1) is 24.6 Å². The van der Waals surface area contributed by atoms with Crippen LogP contribution in [0.5, 0.6) is 0 Å². The summed E-state index contributed by atoms with van der Waals surface area (Å²) in [5.41, 5.74) is 1.92. The Labute approximate surface area is 161 Å². The van der Waals surface area contributed by atoms with Gasteiger partial charge in [-0.1, -0.05) is 31.7 Å². The van der Waals surface area contributed by atoms with Crippen LogP contribution in [0.25, 0.3) is 11.4 Å². The number of hydrogen-bond acceptors (Lipinski definition) is 6. The summed E-state index contributed by atoms with van der Waals surface area (Å²) in [6, 6.07) is 7.79. The summed E-state index contributed by atoms with van der Waals surface area (Å²) in [4.78, 5) is 16.2. The molecule has 6 heteroatoms. The lowest BCUT2D eigenvalue weighted by Crippen LogP contribution is -2.57. The van der Waals surface area contributed by atoms with Crippen molar-refractivity contribution in [1.82, 2.24) is 19.9 Å². The van der Waals surface area contributed by atoms with E-state index >= 15 is 0 Å². The van der Waals surface area contributed by atoms with Crippen molar-refractivity contribution in [2.45, 2.75) is 44.1 Å². The van der Waals surface area contributed by atoms with E-state index in [1.54, 1.807) is 6.20 Å². The van der Waals surface area contributed by atoms with E-state index in [0.29, 0.717) is 5.95 Å². The number of rotatable bonds is 5. The van der Waals surface area contributed by atoms with E-state index in [9.17, 15) is 0 Å². The number of nitrogens with zero attached hydrogens (tertiary/aromatic N) is 4. The van der Waals surface area contributed by atoms with Gasteiger partial charge >= 0.3 is 0 Å². The van der Waals surface area contributed by atoms with Gasteiger partial charge in [0.1, 0.15) is 0 Å². The Morgan fingerprint density at radius 1 is 0.926 bits per heavy atom. The summed E-state index contributed by atoms with van der Waals surface area (Å²) < 4.78 is 5.60. The van der Waals surface area contributed by atoms with Crippen LogP contribution in [0.3, 0.4) is 0 Å². The number of hydrogen-bond donors (Lipinski definition) is 1. The monoisotopic (exact) mass is 367 g/mol. The summed E-state index contributed by atoms with van der Waals surface area (Å²) in [6.45, 7) is 4.62.